The number of aliphatic hydroxyl groups is 1. The molecule has 0 aliphatic carbocycles. The van der Waals surface area contributed by atoms with Crippen LogP contribution in [0.1, 0.15) is 20.7 Å². The van der Waals surface area contributed by atoms with Crippen LogP contribution in [0.15, 0.2) is 36.4 Å². The van der Waals surface area contributed by atoms with Gasteiger partial charge in [-0.2, -0.15) is 0 Å². The number of aromatic carboxylic acids is 1. The standard InChI is InChI=1S/C19H19NO5/c21-9-11-10-25-17-8-20(7-16(11)17)18(22)14-5-1-4-13-12(14)3-2-6-15(13)19(23)24/h1-6,11,16-17,21H,7-10H2,(H,23,24)/t11-,16-,17-/m1/s1. The number of carboxylic acids is 1. The van der Waals surface area contributed by atoms with Gasteiger partial charge in [0.05, 0.1) is 18.3 Å². The van der Waals surface area contributed by atoms with E-state index in [2.05, 4.69) is 0 Å². The number of ether oxygens (including phenoxy) is 1. The minimum atomic E-state index is -1.01. The van der Waals surface area contributed by atoms with Crippen molar-refractivity contribution >= 4 is 22.6 Å². The fourth-order valence-corrected chi connectivity index (χ4v) is 4.01. The fourth-order valence-electron chi connectivity index (χ4n) is 4.01. The predicted molar refractivity (Wildman–Crippen MR) is 90.6 cm³/mol. The highest BCUT2D eigenvalue weighted by atomic mass is 16.5. The van der Waals surface area contributed by atoms with E-state index in [1.165, 1.54) is 0 Å². The van der Waals surface area contributed by atoms with Crippen molar-refractivity contribution in [2.24, 2.45) is 11.8 Å². The van der Waals surface area contributed by atoms with Crippen molar-refractivity contribution in [1.29, 1.82) is 0 Å². The molecular weight excluding hydrogens is 322 g/mol. The maximum atomic E-state index is 13.0. The van der Waals surface area contributed by atoms with Crippen LogP contribution < -0.4 is 0 Å². The second kappa shape index (κ2) is 6.13. The van der Waals surface area contributed by atoms with Crippen LogP contribution in [0.3, 0.4) is 0 Å². The molecular formula is C19H19NO5. The Morgan fingerprint density at radius 2 is 1.76 bits per heavy atom. The summed E-state index contributed by atoms with van der Waals surface area (Å²) in [5, 5.41) is 20.0. The molecule has 130 valence electrons. The minimum Gasteiger partial charge on any atom is -0.478 e. The van der Waals surface area contributed by atoms with Gasteiger partial charge in [-0.15, -0.1) is 0 Å². The maximum Gasteiger partial charge on any atom is 0.336 e. The molecule has 2 aromatic carbocycles. The van der Waals surface area contributed by atoms with Crippen LogP contribution in [0.2, 0.25) is 0 Å². The minimum absolute atomic E-state index is 0.0225. The molecule has 0 spiro atoms. The van der Waals surface area contributed by atoms with Gasteiger partial charge in [0.2, 0.25) is 0 Å². The van der Waals surface area contributed by atoms with Crippen molar-refractivity contribution in [2.45, 2.75) is 6.10 Å². The second-order valence-electron chi connectivity index (χ2n) is 6.70. The molecule has 25 heavy (non-hydrogen) atoms. The van der Waals surface area contributed by atoms with Gasteiger partial charge in [-0.25, -0.2) is 4.79 Å². The lowest BCUT2D eigenvalue weighted by molar-refractivity contribution is 0.0656. The molecule has 0 aromatic heterocycles. The van der Waals surface area contributed by atoms with Crippen LogP contribution in [-0.4, -0.2) is 59.4 Å². The van der Waals surface area contributed by atoms with E-state index in [1.54, 1.807) is 41.3 Å². The number of amides is 1. The van der Waals surface area contributed by atoms with E-state index in [1.807, 2.05) is 0 Å². The van der Waals surface area contributed by atoms with Gasteiger partial charge in [0.15, 0.2) is 0 Å². The SMILES string of the molecule is O=C(O)c1cccc2c(C(=O)N3C[C@@H]4[C@H](CO)CO[C@@H]4C3)cccc12. The molecule has 0 radical (unpaired) electrons. The number of benzene rings is 2. The zero-order valence-corrected chi connectivity index (χ0v) is 13.6. The quantitative estimate of drug-likeness (QED) is 0.886. The average Bonchev–Trinajstić information content (AvgIpc) is 3.20. The number of nitrogens with zero attached hydrogens (tertiary/aromatic N) is 1. The second-order valence-corrected chi connectivity index (χ2v) is 6.70. The number of rotatable bonds is 3. The Hall–Kier alpha value is -2.44. The van der Waals surface area contributed by atoms with Crippen molar-refractivity contribution in [3.8, 4) is 0 Å². The van der Waals surface area contributed by atoms with E-state index in [0.717, 1.165) is 0 Å². The van der Waals surface area contributed by atoms with Gasteiger partial charge in [0.1, 0.15) is 0 Å². The summed E-state index contributed by atoms with van der Waals surface area (Å²) in [6.45, 7) is 1.68. The van der Waals surface area contributed by atoms with Crippen LogP contribution in [0.25, 0.3) is 10.8 Å². The first-order valence-corrected chi connectivity index (χ1v) is 8.37. The van der Waals surface area contributed by atoms with E-state index in [4.69, 9.17) is 4.74 Å². The molecule has 2 fully saturated rings. The summed E-state index contributed by atoms with van der Waals surface area (Å²) in [5.41, 5.74) is 0.690. The van der Waals surface area contributed by atoms with E-state index >= 15 is 0 Å². The smallest absolute Gasteiger partial charge is 0.336 e. The summed E-state index contributed by atoms with van der Waals surface area (Å²) >= 11 is 0. The van der Waals surface area contributed by atoms with Gasteiger partial charge in [-0.1, -0.05) is 24.3 Å². The predicted octanol–water partition coefficient (Wildman–Crippen LogP) is 1.62. The average molecular weight is 341 g/mol. The Bertz CT molecular complexity index is 849. The van der Waals surface area contributed by atoms with E-state index in [9.17, 15) is 19.8 Å². The molecule has 0 saturated carbocycles. The highest BCUT2D eigenvalue weighted by Gasteiger charge is 2.45. The number of likely N-dealkylation sites (tertiary alicyclic amines) is 1. The number of aliphatic hydroxyl groups excluding tert-OH is 1. The normalized spacial score (nSPS) is 25.3. The van der Waals surface area contributed by atoms with Gasteiger partial charge in [0, 0.05) is 37.1 Å². The molecule has 6 heteroatoms. The van der Waals surface area contributed by atoms with Crippen molar-refractivity contribution in [3.05, 3.63) is 47.5 Å². The van der Waals surface area contributed by atoms with Crippen LogP contribution in [-0.2, 0) is 4.74 Å². The van der Waals surface area contributed by atoms with E-state index < -0.39 is 5.97 Å². The zero-order chi connectivity index (χ0) is 17.6. The third-order valence-electron chi connectivity index (χ3n) is 5.34. The third-order valence-corrected chi connectivity index (χ3v) is 5.34. The lowest BCUT2D eigenvalue weighted by Gasteiger charge is -2.20. The van der Waals surface area contributed by atoms with Gasteiger partial charge in [-0.3, -0.25) is 4.79 Å². The summed E-state index contributed by atoms with van der Waals surface area (Å²) < 4.78 is 5.70. The summed E-state index contributed by atoms with van der Waals surface area (Å²) in [6.07, 6.45) is -0.0225. The molecule has 4 rings (SSSR count). The lowest BCUT2D eigenvalue weighted by Crippen LogP contribution is -2.31. The Labute approximate surface area is 144 Å². The van der Waals surface area contributed by atoms with Crippen LogP contribution in [0.4, 0.5) is 0 Å². The largest absolute Gasteiger partial charge is 0.478 e. The highest BCUT2D eigenvalue weighted by molar-refractivity contribution is 6.12. The van der Waals surface area contributed by atoms with Crippen molar-refractivity contribution in [3.63, 3.8) is 0 Å². The van der Waals surface area contributed by atoms with E-state index in [-0.39, 0.29) is 36.0 Å². The first-order valence-electron chi connectivity index (χ1n) is 8.37. The molecule has 2 aliphatic heterocycles. The molecule has 0 unspecified atom stereocenters. The monoisotopic (exact) mass is 341 g/mol. The molecule has 1 amide bonds. The van der Waals surface area contributed by atoms with E-state index in [0.29, 0.717) is 36.0 Å². The third kappa shape index (κ3) is 2.58. The summed E-state index contributed by atoms with van der Waals surface area (Å²) in [4.78, 5) is 26.2. The molecule has 0 bridgehead atoms. The van der Waals surface area contributed by atoms with Gasteiger partial charge in [0.25, 0.3) is 5.91 Å². The first kappa shape index (κ1) is 16.1. The number of carbonyl (C=O) groups excluding carboxylic acids is 1. The summed E-state index contributed by atoms with van der Waals surface area (Å²) in [6, 6.07) is 10.1. The Morgan fingerprint density at radius 1 is 1.08 bits per heavy atom. The number of fused-ring (bicyclic) bond motifs is 2. The van der Waals surface area contributed by atoms with Crippen LogP contribution in [0, 0.1) is 11.8 Å². The number of carbonyl (C=O) groups is 2. The first-order chi connectivity index (χ1) is 12.1. The van der Waals surface area contributed by atoms with Crippen LogP contribution in [0.5, 0.6) is 0 Å². The molecule has 2 heterocycles. The van der Waals surface area contributed by atoms with Crippen LogP contribution >= 0.6 is 0 Å². The molecule has 2 saturated heterocycles. The molecule has 2 N–H and O–H groups in total. The van der Waals surface area contributed by atoms with Gasteiger partial charge >= 0.3 is 5.97 Å². The lowest BCUT2D eigenvalue weighted by atomic mass is 9.94. The molecule has 6 nitrogen and oxygen atoms in total. The molecule has 3 atom stereocenters. The zero-order valence-electron chi connectivity index (χ0n) is 13.6. The Balaban J connectivity index is 1.68. The summed E-state index contributed by atoms with van der Waals surface area (Å²) in [5.74, 6) is -0.889. The fraction of sp³-hybridized carbons (Fsp3) is 0.368. The Morgan fingerprint density at radius 3 is 2.44 bits per heavy atom. The van der Waals surface area contributed by atoms with Gasteiger partial charge < -0.3 is 19.8 Å². The number of carboxylic acid groups (broad SMARTS) is 1. The van der Waals surface area contributed by atoms with Crippen molar-refractivity contribution in [2.75, 3.05) is 26.3 Å². The number of hydrogen-bond acceptors (Lipinski definition) is 4. The van der Waals surface area contributed by atoms with Crippen molar-refractivity contribution < 1.29 is 24.5 Å². The Kier molecular flexibility index (Phi) is 3.94. The number of hydrogen-bond donors (Lipinski definition) is 2. The topological polar surface area (TPSA) is 87.1 Å². The highest BCUT2D eigenvalue weighted by Crippen LogP contribution is 2.34. The maximum absolute atomic E-state index is 13.0. The summed E-state index contributed by atoms with van der Waals surface area (Å²) in [7, 11) is 0. The molecule has 2 aromatic rings. The van der Waals surface area contributed by atoms with Crippen molar-refractivity contribution in [1.82, 2.24) is 4.90 Å². The molecule has 2 aliphatic rings. The van der Waals surface area contributed by atoms with Gasteiger partial charge in [-0.05, 0) is 22.9 Å².